The van der Waals surface area contributed by atoms with Crippen LogP contribution in [-0.4, -0.2) is 73.5 Å². The van der Waals surface area contributed by atoms with Crippen molar-refractivity contribution in [1.82, 2.24) is 20.4 Å². The summed E-state index contributed by atoms with van der Waals surface area (Å²) in [4.78, 5) is 31.4. The van der Waals surface area contributed by atoms with E-state index in [2.05, 4.69) is 15.5 Å². The molecule has 2 fully saturated rings. The van der Waals surface area contributed by atoms with E-state index in [1.807, 2.05) is 11.0 Å². The van der Waals surface area contributed by atoms with E-state index in [9.17, 15) is 9.59 Å². The van der Waals surface area contributed by atoms with E-state index in [-0.39, 0.29) is 30.8 Å². The van der Waals surface area contributed by atoms with E-state index in [0.29, 0.717) is 6.04 Å². The molecule has 0 aromatic carbocycles. The molecule has 27 heavy (non-hydrogen) atoms. The topological polar surface area (TPSA) is 64.7 Å². The smallest absolute Gasteiger partial charge is 0.261 e. The van der Waals surface area contributed by atoms with Gasteiger partial charge in [-0.05, 0) is 43.7 Å². The van der Waals surface area contributed by atoms with Crippen LogP contribution in [0.5, 0.6) is 0 Å². The van der Waals surface area contributed by atoms with Crippen molar-refractivity contribution in [1.29, 1.82) is 0 Å². The molecule has 0 saturated carbocycles. The number of hydrogen-bond acceptors (Lipinski definition) is 5. The number of amides is 2. The summed E-state index contributed by atoms with van der Waals surface area (Å²) in [5.74, 6) is -0.0621. The van der Waals surface area contributed by atoms with Crippen molar-refractivity contribution in [2.24, 2.45) is 0 Å². The van der Waals surface area contributed by atoms with Gasteiger partial charge in [-0.25, -0.2) is 0 Å². The molecule has 2 saturated heterocycles. The van der Waals surface area contributed by atoms with Gasteiger partial charge >= 0.3 is 0 Å². The Balaban J connectivity index is 0.00000210. The second kappa shape index (κ2) is 9.37. The molecule has 4 rings (SSSR count). The molecule has 3 aliphatic rings. The van der Waals surface area contributed by atoms with Gasteiger partial charge in [0.2, 0.25) is 5.91 Å². The summed E-state index contributed by atoms with van der Waals surface area (Å²) in [6.07, 6.45) is 5.65. The summed E-state index contributed by atoms with van der Waals surface area (Å²) in [6.45, 7) is 5.89. The van der Waals surface area contributed by atoms with Gasteiger partial charge in [-0.3, -0.25) is 14.5 Å². The Morgan fingerprint density at radius 1 is 1.19 bits per heavy atom. The number of carbonyl (C=O) groups excluding carboxylic acids is 2. The lowest BCUT2D eigenvalue weighted by Crippen LogP contribution is -2.49. The fourth-order valence-electron chi connectivity index (χ4n) is 4.27. The molecule has 1 unspecified atom stereocenters. The molecule has 2 amide bonds. The summed E-state index contributed by atoms with van der Waals surface area (Å²) >= 11 is 1.60. The summed E-state index contributed by atoms with van der Waals surface area (Å²) in [7, 11) is 0. The van der Waals surface area contributed by atoms with Crippen molar-refractivity contribution >= 4 is 35.6 Å². The van der Waals surface area contributed by atoms with E-state index in [4.69, 9.17) is 0 Å². The molecule has 1 aliphatic carbocycles. The third kappa shape index (κ3) is 4.83. The summed E-state index contributed by atoms with van der Waals surface area (Å²) in [6, 6.07) is 2.50. The maximum atomic E-state index is 12.5. The largest absolute Gasteiger partial charge is 0.342 e. The number of likely N-dealkylation sites (tertiary alicyclic amines) is 1. The van der Waals surface area contributed by atoms with Gasteiger partial charge in [0.15, 0.2) is 0 Å². The van der Waals surface area contributed by atoms with Crippen LogP contribution in [0.3, 0.4) is 0 Å². The normalized spacial score (nSPS) is 22.8. The fourth-order valence-corrected chi connectivity index (χ4v) is 5.44. The Morgan fingerprint density at radius 3 is 2.74 bits per heavy atom. The molecule has 3 heterocycles. The summed E-state index contributed by atoms with van der Waals surface area (Å²) in [5, 5.41) is 6.21. The van der Waals surface area contributed by atoms with Crippen molar-refractivity contribution in [3.05, 3.63) is 21.4 Å². The first-order valence-corrected chi connectivity index (χ1v) is 10.6. The minimum absolute atomic E-state index is 0. The monoisotopic (exact) mass is 412 g/mol. The van der Waals surface area contributed by atoms with E-state index in [1.54, 1.807) is 11.3 Å². The van der Waals surface area contributed by atoms with Gasteiger partial charge in [0.1, 0.15) is 0 Å². The molecule has 8 heteroatoms. The predicted molar refractivity (Wildman–Crippen MR) is 110 cm³/mol. The van der Waals surface area contributed by atoms with E-state index >= 15 is 0 Å². The van der Waals surface area contributed by atoms with E-state index in [1.165, 1.54) is 23.3 Å². The third-order valence-electron chi connectivity index (χ3n) is 5.80. The molecular formula is C19H29ClN4O2S. The standard InChI is InChI=1S/C19H28N4O2S.ClH/c24-18(23-8-5-15(13-23)22-9-6-20-7-10-22)12-21-19(25)17-11-14-3-1-2-4-16(14)26-17;/h11,15,20H,1-10,12-13H2,(H,21,25);1H. The summed E-state index contributed by atoms with van der Waals surface area (Å²) < 4.78 is 0. The van der Waals surface area contributed by atoms with Crippen LogP contribution in [0.2, 0.25) is 0 Å². The number of halogens is 1. The number of piperazine rings is 1. The molecular weight excluding hydrogens is 384 g/mol. The maximum Gasteiger partial charge on any atom is 0.261 e. The number of carbonyl (C=O) groups is 2. The van der Waals surface area contributed by atoms with Gasteiger partial charge < -0.3 is 15.5 Å². The fraction of sp³-hybridized carbons (Fsp3) is 0.684. The molecule has 2 N–H and O–H groups in total. The number of rotatable bonds is 4. The van der Waals surface area contributed by atoms with Crippen LogP contribution in [0.4, 0.5) is 0 Å². The van der Waals surface area contributed by atoms with Crippen LogP contribution in [0.1, 0.15) is 39.4 Å². The number of thiophene rings is 1. The molecule has 2 aliphatic heterocycles. The maximum absolute atomic E-state index is 12.5. The van der Waals surface area contributed by atoms with Crippen LogP contribution in [0.15, 0.2) is 6.07 Å². The summed E-state index contributed by atoms with van der Waals surface area (Å²) in [5.41, 5.74) is 1.33. The van der Waals surface area contributed by atoms with Crippen LogP contribution in [0, 0.1) is 0 Å². The predicted octanol–water partition coefficient (Wildman–Crippen LogP) is 1.28. The number of hydrogen-bond donors (Lipinski definition) is 2. The quantitative estimate of drug-likeness (QED) is 0.782. The molecule has 0 radical (unpaired) electrons. The molecule has 0 bridgehead atoms. The highest BCUT2D eigenvalue weighted by Crippen LogP contribution is 2.29. The lowest BCUT2D eigenvalue weighted by molar-refractivity contribution is -0.129. The van der Waals surface area contributed by atoms with Crippen molar-refractivity contribution in [3.8, 4) is 0 Å². The third-order valence-corrected chi connectivity index (χ3v) is 7.04. The minimum atomic E-state index is -0.101. The second-order valence-electron chi connectivity index (χ2n) is 7.52. The molecule has 6 nitrogen and oxygen atoms in total. The zero-order valence-electron chi connectivity index (χ0n) is 15.7. The lowest BCUT2D eigenvalue weighted by Gasteiger charge is -2.32. The van der Waals surface area contributed by atoms with Gasteiger partial charge in [-0.15, -0.1) is 23.7 Å². The average molecular weight is 413 g/mol. The van der Waals surface area contributed by atoms with Crippen LogP contribution in [0.25, 0.3) is 0 Å². The highest BCUT2D eigenvalue weighted by molar-refractivity contribution is 7.14. The molecule has 1 aromatic heterocycles. The SMILES string of the molecule is Cl.O=C(NCC(=O)N1CCC(N2CCNCC2)C1)c1cc2c(s1)CCCC2. The number of nitrogens with one attached hydrogen (secondary N) is 2. The Bertz CT molecular complexity index is 651. The van der Waals surface area contributed by atoms with Gasteiger partial charge in [-0.1, -0.05) is 0 Å². The van der Waals surface area contributed by atoms with Crippen molar-refractivity contribution < 1.29 is 9.59 Å². The Morgan fingerprint density at radius 2 is 1.96 bits per heavy atom. The second-order valence-corrected chi connectivity index (χ2v) is 8.65. The highest BCUT2D eigenvalue weighted by Gasteiger charge is 2.31. The van der Waals surface area contributed by atoms with Crippen molar-refractivity contribution in [2.75, 3.05) is 45.8 Å². The van der Waals surface area contributed by atoms with Gasteiger partial charge in [0.25, 0.3) is 5.91 Å². The molecule has 1 atom stereocenters. The van der Waals surface area contributed by atoms with Crippen LogP contribution >= 0.6 is 23.7 Å². The average Bonchev–Trinajstić information content (AvgIpc) is 3.33. The first-order valence-electron chi connectivity index (χ1n) is 9.83. The van der Waals surface area contributed by atoms with Crippen LogP contribution in [-0.2, 0) is 17.6 Å². The van der Waals surface area contributed by atoms with Crippen LogP contribution < -0.4 is 10.6 Å². The van der Waals surface area contributed by atoms with E-state index < -0.39 is 0 Å². The lowest BCUT2D eigenvalue weighted by atomic mass is 9.99. The number of fused-ring (bicyclic) bond motifs is 1. The first-order chi connectivity index (χ1) is 12.7. The zero-order valence-corrected chi connectivity index (χ0v) is 17.3. The van der Waals surface area contributed by atoms with Crippen molar-refractivity contribution in [2.45, 2.75) is 38.1 Å². The molecule has 150 valence electrons. The number of aryl methyl sites for hydroxylation is 2. The van der Waals surface area contributed by atoms with Gasteiger partial charge in [0.05, 0.1) is 11.4 Å². The first kappa shape index (κ1) is 20.6. The Labute approximate surface area is 171 Å². The molecule has 1 aromatic rings. The minimum Gasteiger partial charge on any atom is -0.342 e. The van der Waals surface area contributed by atoms with Gasteiger partial charge in [0, 0.05) is 50.2 Å². The van der Waals surface area contributed by atoms with Gasteiger partial charge in [-0.2, -0.15) is 0 Å². The highest BCUT2D eigenvalue weighted by atomic mass is 35.5. The Hall–Kier alpha value is -1.15. The Kier molecular flexibility index (Phi) is 7.14. The number of nitrogens with zero attached hydrogens (tertiary/aromatic N) is 2. The molecule has 0 spiro atoms. The zero-order chi connectivity index (χ0) is 17.9. The van der Waals surface area contributed by atoms with Crippen molar-refractivity contribution in [3.63, 3.8) is 0 Å². The van der Waals surface area contributed by atoms with E-state index in [0.717, 1.165) is 63.4 Å².